The van der Waals surface area contributed by atoms with Crippen molar-refractivity contribution in [3.63, 3.8) is 0 Å². The van der Waals surface area contributed by atoms with E-state index in [0.717, 1.165) is 0 Å². The Morgan fingerprint density at radius 3 is 0.867 bits per heavy atom. The van der Waals surface area contributed by atoms with Crippen LogP contribution >= 0.6 is 0 Å². The van der Waals surface area contributed by atoms with Crippen LogP contribution in [0.5, 0.6) is 0 Å². The predicted molar refractivity (Wildman–Crippen MR) is 83.0 cm³/mol. The molecule has 0 heterocycles. The lowest BCUT2D eigenvalue weighted by Crippen LogP contribution is -1.99. The lowest BCUT2D eigenvalue weighted by molar-refractivity contribution is 0.505. The smallest absolute Gasteiger partial charge is 0.0140 e. The minimum atomic E-state index is 0. The molecule has 0 fully saturated rings. The maximum atomic E-state index is 3.56. The molecule has 0 saturated carbocycles. The van der Waals surface area contributed by atoms with Crippen molar-refractivity contribution >= 4 is 0 Å². The summed E-state index contributed by atoms with van der Waals surface area (Å²) >= 11 is 0. The first-order valence-corrected chi connectivity index (χ1v) is 4.11. The second kappa shape index (κ2) is 49.2. The fourth-order valence-electron chi connectivity index (χ4n) is 0. The number of hydrogen-bond acceptors (Lipinski definition) is 1. The van der Waals surface area contributed by atoms with Crippen LogP contribution < -0.4 is 0 Å². The number of nitrogens with zero attached hydrogens (tertiary/aromatic N) is 1. The highest BCUT2D eigenvalue weighted by Gasteiger charge is 1.58. The summed E-state index contributed by atoms with van der Waals surface area (Å²) in [6, 6.07) is 0. The average molecular weight is 223 g/mol. The Morgan fingerprint density at radius 1 is 0.867 bits per heavy atom. The van der Waals surface area contributed by atoms with Crippen LogP contribution in [0, 0.1) is 0 Å². The first-order chi connectivity index (χ1) is 4.88. The van der Waals surface area contributed by atoms with E-state index < -0.39 is 0 Å². The van der Waals surface area contributed by atoms with Crippen molar-refractivity contribution in [2.75, 3.05) is 21.1 Å². The summed E-state index contributed by atoms with van der Waals surface area (Å²) in [6.07, 6.45) is 1.25. The molecule has 0 aromatic carbocycles. The zero-order valence-electron chi connectivity index (χ0n) is 9.36. The molecule has 0 radical (unpaired) electrons. The molecule has 0 aliphatic carbocycles. The maximum absolute atomic E-state index is 3.56. The lowest BCUT2D eigenvalue weighted by Gasteiger charge is -1.90. The highest BCUT2D eigenvalue weighted by Crippen LogP contribution is 1.73. The summed E-state index contributed by atoms with van der Waals surface area (Å²) < 4.78 is 0. The minimum absolute atomic E-state index is 0. The van der Waals surface area contributed by atoms with Gasteiger partial charge in [-0.2, -0.15) is 0 Å². The van der Waals surface area contributed by atoms with E-state index in [1.165, 1.54) is 12.0 Å². The summed E-state index contributed by atoms with van der Waals surface area (Å²) in [5.74, 6) is 0. The third kappa shape index (κ3) is 20800. The monoisotopic (exact) mass is 223 g/mol. The topological polar surface area (TPSA) is 3.24 Å². The molecule has 15 heavy (non-hydrogen) atoms. The van der Waals surface area contributed by atoms with Crippen molar-refractivity contribution in [3.8, 4) is 0 Å². The van der Waals surface area contributed by atoms with Crippen LogP contribution in [-0.4, -0.2) is 26.0 Å². The molecule has 102 valence electrons. The highest BCUT2D eigenvalue weighted by atomic mass is 15.0. The Hall–Kier alpha value is -0.300. The number of rotatable bonds is 0. The van der Waals surface area contributed by atoms with Crippen molar-refractivity contribution in [1.29, 1.82) is 0 Å². The Kier molecular flexibility index (Phi) is 153. The van der Waals surface area contributed by atoms with Crippen LogP contribution in [0.4, 0.5) is 0 Å². The quantitative estimate of drug-likeness (QED) is 0.475. The number of allylic oxidation sites excluding steroid dienone is 1. The van der Waals surface area contributed by atoms with Crippen LogP contribution in [0.15, 0.2) is 12.2 Å². The molecule has 0 saturated heterocycles. The van der Waals surface area contributed by atoms with Gasteiger partial charge in [-0.15, -0.1) is 6.58 Å². The molecule has 0 aromatic heterocycles. The normalized spacial score (nSPS) is 5.33. The molecular formula is C14H41N. The van der Waals surface area contributed by atoms with Crippen molar-refractivity contribution in [2.45, 2.75) is 63.8 Å². The van der Waals surface area contributed by atoms with Crippen LogP contribution in [0.2, 0.25) is 0 Å². The van der Waals surface area contributed by atoms with E-state index in [0.29, 0.717) is 0 Å². The van der Waals surface area contributed by atoms with Crippen LogP contribution in [0.1, 0.15) is 63.8 Å². The molecule has 0 aliphatic rings. The van der Waals surface area contributed by atoms with Gasteiger partial charge in [0.2, 0.25) is 0 Å². The maximum Gasteiger partial charge on any atom is -0.0140 e. The van der Waals surface area contributed by atoms with Crippen molar-refractivity contribution < 1.29 is 0 Å². The van der Waals surface area contributed by atoms with E-state index in [9.17, 15) is 0 Å². The first kappa shape index (κ1) is 46.5. The van der Waals surface area contributed by atoms with Gasteiger partial charge in [-0.1, -0.05) is 55.5 Å². The zero-order chi connectivity index (χ0) is 9.86. The minimum Gasteiger partial charge on any atom is -0.312 e. The van der Waals surface area contributed by atoms with Crippen molar-refractivity contribution in [2.24, 2.45) is 0 Å². The molecule has 0 unspecified atom stereocenters. The molecule has 0 bridgehead atoms. The van der Waals surface area contributed by atoms with Gasteiger partial charge in [-0.3, -0.25) is 0 Å². The van der Waals surface area contributed by atoms with Crippen LogP contribution in [0.3, 0.4) is 0 Å². The van der Waals surface area contributed by atoms with Crippen molar-refractivity contribution in [1.82, 2.24) is 4.90 Å². The molecule has 0 aliphatic heterocycles. The van der Waals surface area contributed by atoms with Gasteiger partial charge in [0.15, 0.2) is 0 Å². The highest BCUT2D eigenvalue weighted by molar-refractivity contribution is 4.78. The van der Waals surface area contributed by atoms with Gasteiger partial charge in [0.1, 0.15) is 0 Å². The van der Waals surface area contributed by atoms with E-state index >= 15 is 0 Å². The second-order valence-corrected chi connectivity index (χ2v) is 3.26. The summed E-state index contributed by atoms with van der Waals surface area (Å²) in [7, 11) is 6.00. The van der Waals surface area contributed by atoms with Gasteiger partial charge in [0.05, 0.1) is 0 Å². The third-order valence-corrected chi connectivity index (χ3v) is 0. The summed E-state index contributed by atoms with van der Waals surface area (Å²) in [4.78, 5) is 2.00. The molecule has 1 nitrogen and oxygen atoms in total. The summed E-state index contributed by atoms with van der Waals surface area (Å²) in [5, 5.41) is 0. The second-order valence-electron chi connectivity index (χ2n) is 3.26. The van der Waals surface area contributed by atoms with E-state index in [2.05, 4.69) is 20.4 Å². The summed E-state index contributed by atoms with van der Waals surface area (Å²) in [6.45, 7) is 11.8. The molecule has 0 amide bonds. The third-order valence-electron chi connectivity index (χ3n) is 0. The average Bonchev–Trinajstić information content (AvgIpc) is 1.60. The Morgan fingerprint density at radius 2 is 0.867 bits per heavy atom. The van der Waals surface area contributed by atoms with E-state index in [-0.39, 0.29) is 29.7 Å². The van der Waals surface area contributed by atoms with E-state index in [1.54, 1.807) is 0 Å². The molecule has 0 rings (SSSR count). The Balaban J connectivity index is -0.0000000114. The van der Waals surface area contributed by atoms with E-state index in [4.69, 9.17) is 0 Å². The molecule has 0 spiro atoms. The standard InChI is InChI=1S/C4H8.C3H9N.C3H8.4CH4/c2*1-4(2)3;1-3-2;;;;/h1H2,2-3H3;1-3H3;3H2,1-2H3;4*1H4. The predicted octanol–water partition coefficient (Wildman–Crippen LogP) is 5.72. The Bertz CT molecular complexity index is 59.0. The number of hydrogen-bond donors (Lipinski definition) is 0. The van der Waals surface area contributed by atoms with Gasteiger partial charge < -0.3 is 4.90 Å². The van der Waals surface area contributed by atoms with Crippen LogP contribution in [0.25, 0.3) is 0 Å². The molecule has 0 N–H and O–H groups in total. The van der Waals surface area contributed by atoms with Gasteiger partial charge in [0, 0.05) is 0 Å². The van der Waals surface area contributed by atoms with Gasteiger partial charge in [0.25, 0.3) is 0 Å². The molecule has 1 heteroatoms. The molecular weight excluding hydrogens is 182 g/mol. The molecule has 0 aromatic rings. The zero-order valence-corrected chi connectivity index (χ0v) is 9.36. The van der Waals surface area contributed by atoms with Gasteiger partial charge in [-0.05, 0) is 35.0 Å². The fourth-order valence-corrected chi connectivity index (χ4v) is 0. The lowest BCUT2D eigenvalue weighted by atomic mass is 10.4. The van der Waals surface area contributed by atoms with Gasteiger partial charge in [-0.25, -0.2) is 0 Å². The summed E-state index contributed by atoms with van der Waals surface area (Å²) in [5.41, 5.74) is 1.17. The SMILES string of the molecule is C.C.C.C.C=C(C)C.CCC.CN(C)C. The largest absolute Gasteiger partial charge is 0.312 e. The van der Waals surface area contributed by atoms with Crippen LogP contribution in [-0.2, 0) is 0 Å². The first-order valence-electron chi connectivity index (χ1n) is 4.11. The van der Waals surface area contributed by atoms with E-state index in [1.807, 2.05) is 39.9 Å². The molecule has 0 atom stereocenters. The van der Waals surface area contributed by atoms with Gasteiger partial charge >= 0.3 is 0 Å². The fraction of sp³-hybridized carbons (Fsp3) is 0.857. The Labute approximate surface area is 103 Å². The van der Waals surface area contributed by atoms with Crippen molar-refractivity contribution in [3.05, 3.63) is 12.2 Å².